The van der Waals surface area contributed by atoms with Crippen LogP contribution in [0.2, 0.25) is 0 Å². The molecule has 0 saturated carbocycles. The SMILES string of the molecule is COC(=O)c1cc(S(=O)(=O)c2ccc(CCN(Cc3ccccc3)C[C@H](O)c3ccc(OCc4ccccc4)c(NS(C)(=O)=O)c3)cc2)ccc1OCc1ccccc1. The van der Waals surface area contributed by atoms with E-state index in [-0.39, 0.29) is 46.5 Å². The average Bonchev–Trinajstić information content (AvgIpc) is 3.24. The van der Waals surface area contributed by atoms with Crippen LogP contribution in [0.1, 0.15) is 44.3 Å². The Hall–Kier alpha value is -5.99. The van der Waals surface area contributed by atoms with Gasteiger partial charge >= 0.3 is 5.97 Å². The van der Waals surface area contributed by atoms with Crippen molar-refractivity contribution in [1.29, 1.82) is 0 Å². The summed E-state index contributed by atoms with van der Waals surface area (Å²) in [6.45, 7) is 1.66. The first-order chi connectivity index (χ1) is 28.4. The van der Waals surface area contributed by atoms with Crippen LogP contribution in [0.4, 0.5) is 5.69 Å². The number of carbonyl (C=O) groups excluding carboxylic acids is 1. The molecule has 11 nitrogen and oxygen atoms in total. The number of nitrogens with zero attached hydrogens (tertiary/aromatic N) is 1. The van der Waals surface area contributed by atoms with Crippen molar-refractivity contribution in [2.45, 2.75) is 42.1 Å². The first kappa shape index (κ1) is 42.6. The number of aliphatic hydroxyl groups is 1. The fourth-order valence-electron chi connectivity index (χ4n) is 6.39. The van der Waals surface area contributed by atoms with Crippen LogP contribution in [0.3, 0.4) is 0 Å². The van der Waals surface area contributed by atoms with Gasteiger partial charge in [-0.1, -0.05) is 109 Å². The number of nitrogens with one attached hydrogen (secondary N) is 1. The number of hydrogen-bond acceptors (Lipinski definition) is 10. The fraction of sp³-hybridized carbons (Fsp3) is 0.196. The van der Waals surface area contributed by atoms with Crippen LogP contribution in [-0.4, -0.2) is 59.3 Å². The molecule has 306 valence electrons. The number of sulfone groups is 1. The predicted molar refractivity (Wildman–Crippen MR) is 227 cm³/mol. The maximum absolute atomic E-state index is 13.8. The standard InChI is InChI=1S/C46H46N2O9S2/c1-55-46(50)41-29-40(23-25-44(41)56-32-36-14-8-4-9-15-36)59(53,54)39-21-18-34(19-22-39)26-27-48(30-35-12-6-3-7-13-35)31-43(49)38-20-24-45(42(28-38)47-58(2,51)52)57-33-37-16-10-5-11-17-37/h3-25,28-29,43,47,49H,26-27,30-33H2,1-2H3/t43-/m0/s1. The highest BCUT2D eigenvalue weighted by Crippen LogP contribution is 2.31. The molecule has 0 aliphatic carbocycles. The number of hydrogen-bond donors (Lipinski definition) is 2. The van der Waals surface area contributed by atoms with Gasteiger partial charge in [-0.05, 0) is 76.7 Å². The summed E-state index contributed by atoms with van der Waals surface area (Å²) in [5.41, 5.74) is 4.43. The van der Waals surface area contributed by atoms with Crippen LogP contribution in [0.25, 0.3) is 0 Å². The molecule has 6 aromatic carbocycles. The molecule has 0 radical (unpaired) electrons. The lowest BCUT2D eigenvalue weighted by atomic mass is 10.1. The Balaban J connectivity index is 1.16. The molecule has 13 heteroatoms. The van der Waals surface area contributed by atoms with Crippen molar-refractivity contribution in [1.82, 2.24) is 4.90 Å². The molecule has 6 rings (SSSR count). The average molecular weight is 835 g/mol. The second kappa shape index (κ2) is 19.6. The lowest BCUT2D eigenvalue weighted by molar-refractivity contribution is 0.0595. The summed E-state index contributed by atoms with van der Waals surface area (Å²) in [4.78, 5) is 14.8. The van der Waals surface area contributed by atoms with E-state index in [4.69, 9.17) is 14.2 Å². The lowest BCUT2D eigenvalue weighted by Crippen LogP contribution is -2.30. The number of carbonyl (C=O) groups is 1. The van der Waals surface area contributed by atoms with Crippen molar-refractivity contribution in [2.24, 2.45) is 0 Å². The Morgan fingerprint density at radius 1 is 0.661 bits per heavy atom. The minimum Gasteiger partial charge on any atom is -0.488 e. The molecule has 0 aromatic heterocycles. The van der Waals surface area contributed by atoms with Gasteiger partial charge in [-0.3, -0.25) is 9.62 Å². The zero-order valence-electron chi connectivity index (χ0n) is 32.7. The van der Waals surface area contributed by atoms with Crippen molar-refractivity contribution in [3.63, 3.8) is 0 Å². The summed E-state index contributed by atoms with van der Waals surface area (Å²) in [6, 6.07) is 44.4. The van der Waals surface area contributed by atoms with Gasteiger partial charge in [0, 0.05) is 19.6 Å². The minimum atomic E-state index is -4.02. The monoisotopic (exact) mass is 834 g/mol. The predicted octanol–water partition coefficient (Wildman–Crippen LogP) is 7.61. The maximum atomic E-state index is 13.8. The van der Waals surface area contributed by atoms with E-state index >= 15 is 0 Å². The van der Waals surface area contributed by atoms with Crippen molar-refractivity contribution in [3.8, 4) is 11.5 Å². The Bertz CT molecular complexity index is 2540. The normalized spacial score (nSPS) is 12.1. The second-order valence-corrected chi connectivity index (χ2v) is 17.7. The molecular weight excluding hydrogens is 789 g/mol. The Morgan fingerprint density at radius 2 is 1.20 bits per heavy atom. The van der Waals surface area contributed by atoms with Gasteiger partial charge in [0.1, 0.15) is 30.3 Å². The fourth-order valence-corrected chi connectivity index (χ4v) is 8.23. The lowest BCUT2D eigenvalue weighted by Gasteiger charge is -2.26. The van der Waals surface area contributed by atoms with Gasteiger partial charge in [0.25, 0.3) is 0 Å². The second-order valence-electron chi connectivity index (χ2n) is 14.0. The maximum Gasteiger partial charge on any atom is 0.341 e. The van der Waals surface area contributed by atoms with E-state index in [1.807, 2.05) is 91.0 Å². The third-order valence-electron chi connectivity index (χ3n) is 9.46. The molecular formula is C46H46N2O9S2. The van der Waals surface area contributed by atoms with Crippen LogP contribution in [0.15, 0.2) is 161 Å². The quantitative estimate of drug-likeness (QED) is 0.0782. The number of methoxy groups -OCH3 is 1. The Kier molecular flexibility index (Phi) is 14.2. The highest BCUT2D eigenvalue weighted by molar-refractivity contribution is 7.92. The van der Waals surface area contributed by atoms with Crippen LogP contribution in [0, 0.1) is 0 Å². The number of sulfonamides is 1. The van der Waals surface area contributed by atoms with E-state index < -0.39 is 31.9 Å². The van der Waals surface area contributed by atoms with Gasteiger partial charge < -0.3 is 19.3 Å². The molecule has 0 fully saturated rings. The topological polar surface area (TPSA) is 149 Å². The molecule has 0 heterocycles. The van der Waals surface area contributed by atoms with Crippen molar-refractivity contribution in [2.75, 3.05) is 31.2 Å². The highest BCUT2D eigenvalue weighted by Gasteiger charge is 2.23. The van der Waals surface area contributed by atoms with Crippen LogP contribution < -0.4 is 14.2 Å². The number of ether oxygens (including phenoxy) is 3. The molecule has 0 spiro atoms. The van der Waals surface area contributed by atoms with E-state index in [9.17, 15) is 26.7 Å². The van der Waals surface area contributed by atoms with E-state index in [1.165, 1.54) is 37.4 Å². The minimum absolute atomic E-state index is 0.00274. The van der Waals surface area contributed by atoms with Crippen molar-refractivity contribution < 1.29 is 40.9 Å². The zero-order valence-corrected chi connectivity index (χ0v) is 34.4. The number of benzene rings is 6. The molecule has 0 aliphatic rings. The van der Waals surface area contributed by atoms with Crippen LogP contribution >= 0.6 is 0 Å². The molecule has 6 aromatic rings. The summed E-state index contributed by atoms with van der Waals surface area (Å²) < 4.78 is 71.4. The van der Waals surface area contributed by atoms with Crippen molar-refractivity contribution >= 4 is 31.5 Å². The first-order valence-electron chi connectivity index (χ1n) is 18.8. The summed E-state index contributed by atoms with van der Waals surface area (Å²) in [5, 5.41) is 11.5. The molecule has 2 N–H and O–H groups in total. The molecule has 0 unspecified atom stereocenters. The molecule has 0 aliphatic heterocycles. The third kappa shape index (κ3) is 12.0. The Morgan fingerprint density at radius 3 is 1.78 bits per heavy atom. The Labute approximate surface area is 345 Å². The van der Waals surface area contributed by atoms with Gasteiger partial charge in [-0.25, -0.2) is 21.6 Å². The van der Waals surface area contributed by atoms with Gasteiger partial charge in [0.2, 0.25) is 19.9 Å². The number of aliphatic hydroxyl groups excluding tert-OH is 1. The summed E-state index contributed by atoms with van der Waals surface area (Å²) in [5.74, 6) is -0.187. The molecule has 0 saturated heterocycles. The number of anilines is 1. The summed E-state index contributed by atoms with van der Waals surface area (Å²) in [6.07, 6.45) is 0.606. The first-order valence-corrected chi connectivity index (χ1v) is 22.2. The number of rotatable bonds is 19. The smallest absolute Gasteiger partial charge is 0.341 e. The summed E-state index contributed by atoms with van der Waals surface area (Å²) in [7, 11) is -6.45. The van der Waals surface area contributed by atoms with Gasteiger partial charge in [-0.15, -0.1) is 0 Å². The highest BCUT2D eigenvalue weighted by atomic mass is 32.2. The number of esters is 1. The van der Waals surface area contributed by atoms with Gasteiger partial charge in [0.15, 0.2) is 0 Å². The van der Waals surface area contributed by atoms with E-state index in [0.29, 0.717) is 30.8 Å². The molecule has 0 bridgehead atoms. The van der Waals surface area contributed by atoms with E-state index in [1.54, 1.807) is 30.3 Å². The van der Waals surface area contributed by atoms with Gasteiger partial charge in [-0.2, -0.15) is 0 Å². The van der Waals surface area contributed by atoms with Crippen LogP contribution in [0.5, 0.6) is 11.5 Å². The van der Waals surface area contributed by atoms with E-state index in [0.717, 1.165) is 28.5 Å². The molecule has 59 heavy (non-hydrogen) atoms. The zero-order chi connectivity index (χ0) is 41.8. The van der Waals surface area contributed by atoms with E-state index in [2.05, 4.69) is 9.62 Å². The largest absolute Gasteiger partial charge is 0.488 e. The van der Waals surface area contributed by atoms with Crippen molar-refractivity contribution in [3.05, 3.63) is 185 Å². The summed E-state index contributed by atoms with van der Waals surface area (Å²) >= 11 is 0. The molecule has 1 atom stereocenters. The van der Waals surface area contributed by atoms with Gasteiger partial charge in [0.05, 0.1) is 34.9 Å². The van der Waals surface area contributed by atoms with Crippen LogP contribution in [-0.2, 0) is 50.8 Å². The molecule has 0 amide bonds. The third-order valence-corrected chi connectivity index (χ3v) is 11.8.